The van der Waals surface area contributed by atoms with E-state index in [2.05, 4.69) is 197 Å². The Morgan fingerprint density at radius 1 is 0.746 bits per heavy atom. The molecule has 0 bridgehead atoms. The first kappa shape index (κ1) is 41.9. The Hall–Kier alpha value is -6.49. The zero-order valence-corrected chi connectivity index (χ0v) is 39.5. The van der Waals surface area contributed by atoms with Crippen molar-refractivity contribution in [3.63, 3.8) is 0 Å². The molecule has 0 saturated heterocycles. The van der Waals surface area contributed by atoms with E-state index in [9.17, 15) is 0 Å². The number of benzene rings is 6. The number of aryl methyl sites for hydroxylation is 2. The molecule has 3 nitrogen and oxygen atoms in total. The molecule has 5 aliphatic rings. The molecule has 67 heavy (non-hydrogen) atoms. The second kappa shape index (κ2) is 17.3. The van der Waals surface area contributed by atoms with Gasteiger partial charge < -0.3 is 4.42 Å². The molecule has 5 atom stereocenters. The summed E-state index contributed by atoms with van der Waals surface area (Å²) in [6.07, 6.45) is 20.9. The molecule has 330 valence electrons. The van der Waals surface area contributed by atoms with Gasteiger partial charge in [0, 0.05) is 55.7 Å². The summed E-state index contributed by atoms with van der Waals surface area (Å²) in [7, 11) is 0. The lowest BCUT2D eigenvalue weighted by Crippen LogP contribution is -2.30. The minimum Gasteiger partial charge on any atom is -0.460 e. The van der Waals surface area contributed by atoms with Gasteiger partial charge in [-0.15, -0.1) is 11.8 Å². The lowest BCUT2D eigenvalue weighted by Gasteiger charge is -2.34. The Labute approximate surface area is 399 Å². The van der Waals surface area contributed by atoms with E-state index in [0.29, 0.717) is 0 Å². The minimum absolute atomic E-state index is 0.0795. The predicted molar refractivity (Wildman–Crippen MR) is 282 cm³/mol. The molecule has 0 spiro atoms. The van der Waals surface area contributed by atoms with Crippen LogP contribution in [0.5, 0.6) is 0 Å². The summed E-state index contributed by atoms with van der Waals surface area (Å²) in [4.78, 5) is 13.1. The fourth-order valence-electron chi connectivity index (χ4n) is 11.7. The molecule has 0 radical (unpaired) electrons. The van der Waals surface area contributed by atoms with Crippen LogP contribution < -0.4 is 0 Å². The number of aliphatic imine (C=N–C) groups is 2. The van der Waals surface area contributed by atoms with Gasteiger partial charge in [-0.3, -0.25) is 4.99 Å². The number of hydrogen-bond donors (Lipinski definition) is 0. The van der Waals surface area contributed by atoms with E-state index in [-0.39, 0.29) is 28.5 Å². The van der Waals surface area contributed by atoms with Gasteiger partial charge in [0.05, 0.1) is 6.04 Å². The number of rotatable bonds is 6. The van der Waals surface area contributed by atoms with Crippen molar-refractivity contribution in [1.29, 1.82) is 0 Å². The van der Waals surface area contributed by atoms with Gasteiger partial charge in [-0.1, -0.05) is 164 Å². The Bertz CT molecular complexity index is 3270. The van der Waals surface area contributed by atoms with Crippen molar-refractivity contribution in [3.05, 3.63) is 231 Å². The Balaban J connectivity index is 1.03. The molecule has 0 saturated carbocycles. The number of fused-ring (bicyclic) bond motifs is 7. The second-order valence-electron chi connectivity index (χ2n) is 19.6. The van der Waals surface area contributed by atoms with Crippen molar-refractivity contribution in [1.82, 2.24) is 0 Å². The van der Waals surface area contributed by atoms with E-state index >= 15 is 0 Å². The minimum atomic E-state index is -0.175. The third kappa shape index (κ3) is 7.74. The van der Waals surface area contributed by atoms with Crippen molar-refractivity contribution >= 4 is 46.4 Å². The highest BCUT2D eigenvalue weighted by atomic mass is 32.2. The Kier molecular flexibility index (Phi) is 10.8. The molecular formula is C63H56N2OS. The Morgan fingerprint density at radius 3 is 2.43 bits per heavy atom. The summed E-state index contributed by atoms with van der Waals surface area (Å²) >= 11 is 1.99. The molecule has 1 aromatic heterocycles. The van der Waals surface area contributed by atoms with Crippen molar-refractivity contribution in [2.24, 2.45) is 15.9 Å². The van der Waals surface area contributed by atoms with Crippen molar-refractivity contribution in [2.75, 3.05) is 0 Å². The van der Waals surface area contributed by atoms with Crippen molar-refractivity contribution in [3.8, 4) is 11.1 Å². The number of nitrogens with zero attached hydrogens (tertiary/aromatic N) is 2. The number of thioether (sulfide) groups is 1. The summed E-state index contributed by atoms with van der Waals surface area (Å²) < 4.78 is 6.99. The molecule has 3 unspecified atom stereocenters. The van der Waals surface area contributed by atoms with Gasteiger partial charge >= 0.3 is 0 Å². The van der Waals surface area contributed by atoms with Crippen LogP contribution in [0.3, 0.4) is 0 Å². The number of hydrogen-bond acceptors (Lipinski definition) is 4. The van der Waals surface area contributed by atoms with E-state index in [1.54, 1.807) is 0 Å². The second-order valence-corrected chi connectivity index (χ2v) is 21.2. The zero-order chi connectivity index (χ0) is 45.1. The van der Waals surface area contributed by atoms with Gasteiger partial charge in [0.15, 0.2) is 5.84 Å². The van der Waals surface area contributed by atoms with Gasteiger partial charge in [-0.25, -0.2) is 4.99 Å². The number of furan rings is 1. The van der Waals surface area contributed by atoms with Gasteiger partial charge in [0.1, 0.15) is 11.3 Å². The summed E-state index contributed by atoms with van der Waals surface area (Å²) in [5.41, 5.74) is 19.0. The average molecular weight is 889 g/mol. The topological polar surface area (TPSA) is 37.9 Å². The molecule has 0 fully saturated rings. The Morgan fingerprint density at radius 2 is 1.54 bits per heavy atom. The summed E-state index contributed by atoms with van der Waals surface area (Å²) in [5, 5.41) is 1.22. The van der Waals surface area contributed by atoms with E-state index in [0.717, 1.165) is 79.0 Å². The fraction of sp³-hybridized carbons (Fsp3) is 0.238. The molecule has 12 rings (SSSR count). The van der Waals surface area contributed by atoms with Crippen molar-refractivity contribution < 1.29 is 4.42 Å². The van der Waals surface area contributed by atoms with Crippen LogP contribution >= 0.6 is 11.8 Å². The maximum absolute atomic E-state index is 7.07. The molecule has 2 aliphatic heterocycles. The highest BCUT2D eigenvalue weighted by Crippen LogP contribution is 2.58. The quantitative estimate of drug-likeness (QED) is 0.156. The fourth-order valence-corrected chi connectivity index (χ4v) is 13.2. The molecule has 4 heteroatoms. The molecule has 3 aliphatic carbocycles. The first-order chi connectivity index (χ1) is 32.9. The molecule has 3 heterocycles. The SMILES string of the molecule is Cc1ccccc1/C=C1/CCC(c2cc(C3N=C(c4cccc(-c5ccccc5)c4)N=C(C4=CC=CC5(C)Sc6ccccc6[C@H]45)CC[C@H]3C)c3oc4c(c3c2)C=CCC4)c2ccccc2C1. The first-order valence-corrected chi connectivity index (χ1v) is 25.3. The van der Waals surface area contributed by atoms with Gasteiger partial charge in [0.2, 0.25) is 0 Å². The van der Waals surface area contributed by atoms with Crippen LogP contribution in [0.15, 0.2) is 194 Å². The predicted octanol–water partition coefficient (Wildman–Crippen LogP) is 16.4. The molecular weight excluding hydrogens is 833 g/mol. The third-order valence-corrected chi connectivity index (χ3v) is 16.6. The summed E-state index contributed by atoms with van der Waals surface area (Å²) in [6, 6.07) is 51.4. The van der Waals surface area contributed by atoms with Crippen LogP contribution in [0, 0.1) is 12.8 Å². The maximum atomic E-state index is 7.07. The highest BCUT2D eigenvalue weighted by Gasteiger charge is 2.46. The van der Waals surface area contributed by atoms with Crippen molar-refractivity contribution in [2.45, 2.75) is 93.2 Å². The monoisotopic (exact) mass is 888 g/mol. The van der Waals surface area contributed by atoms with Gasteiger partial charge in [-0.05, 0) is 133 Å². The first-order valence-electron chi connectivity index (χ1n) is 24.4. The molecule has 6 aromatic carbocycles. The summed E-state index contributed by atoms with van der Waals surface area (Å²) in [5.74, 6) is 2.53. The normalized spacial score (nSPS) is 23.8. The standard InChI is InChI=1S/C63H56N2OS/c1-40-17-7-8-20-44(40)35-42-31-32-50(49-24-10-9-21-46(49)36-42)48-38-54-51-25-11-13-28-57(51)66-61(54)55(39-48)60-41(2)30-33-56(52-27-16-34-63(3)59(52)53-26-12-14-29-58(53)67-63)64-62(65-60)47-23-15-22-45(37-47)43-18-5-4-6-19-43/h4-12,14-27,29,34-35,37-39,41,50,59-60H,13,28,30-33,36H2,1-3H3/b42-35-,64-56?,65-62?/t41-,50?,59+,60?,63?/m1/s1. The molecule has 7 aromatic rings. The van der Waals surface area contributed by atoms with Crippen LogP contribution in [0.2, 0.25) is 0 Å². The number of allylic oxidation sites excluding steroid dienone is 5. The zero-order valence-electron chi connectivity index (χ0n) is 38.7. The van der Waals surface area contributed by atoms with E-state index in [4.69, 9.17) is 14.4 Å². The van der Waals surface area contributed by atoms with E-state index < -0.39 is 0 Å². The average Bonchev–Trinajstić information content (AvgIpc) is 3.82. The van der Waals surface area contributed by atoms with Crippen LogP contribution in [0.4, 0.5) is 0 Å². The molecule has 0 N–H and O–H groups in total. The smallest absolute Gasteiger partial charge is 0.155 e. The van der Waals surface area contributed by atoms with Crippen LogP contribution in [0.1, 0.15) is 120 Å². The largest absolute Gasteiger partial charge is 0.460 e. The lowest BCUT2D eigenvalue weighted by atomic mass is 9.75. The van der Waals surface area contributed by atoms with E-state index in [1.807, 2.05) is 11.8 Å². The van der Waals surface area contributed by atoms with Crippen LogP contribution in [0.25, 0.3) is 34.2 Å². The number of amidine groups is 1. The van der Waals surface area contributed by atoms with Gasteiger partial charge in [-0.2, -0.15) is 0 Å². The summed E-state index contributed by atoms with van der Waals surface area (Å²) in [6.45, 7) is 7.04. The third-order valence-electron chi connectivity index (χ3n) is 15.2. The molecule has 0 amide bonds. The lowest BCUT2D eigenvalue weighted by molar-refractivity contribution is 0.440. The maximum Gasteiger partial charge on any atom is 0.155 e. The highest BCUT2D eigenvalue weighted by molar-refractivity contribution is 8.01. The van der Waals surface area contributed by atoms with Crippen LogP contribution in [-0.4, -0.2) is 16.3 Å². The van der Waals surface area contributed by atoms with Crippen LogP contribution in [-0.2, 0) is 12.8 Å². The van der Waals surface area contributed by atoms with Gasteiger partial charge in [0.25, 0.3) is 0 Å². The van der Waals surface area contributed by atoms with E-state index in [1.165, 1.54) is 71.5 Å².